The van der Waals surface area contributed by atoms with E-state index in [4.69, 9.17) is 15.1 Å². The number of aromatic nitrogens is 2. The molecular weight excluding hydrogens is 250 g/mol. The van der Waals surface area contributed by atoms with Crippen molar-refractivity contribution in [3.05, 3.63) is 41.3 Å². The molecule has 0 saturated heterocycles. The van der Waals surface area contributed by atoms with E-state index in [9.17, 15) is 0 Å². The van der Waals surface area contributed by atoms with Crippen molar-refractivity contribution in [1.29, 1.82) is 0 Å². The molecule has 1 aliphatic rings. The predicted molar refractivity (Wildman–Crippen MR) is 78.4 cm³/mol. The van der Waals surface area contributed by atoms with Gasteiger partial charge in [-0.3, -0.25) is 0 Å². The summed E-state index contributed by atoms with van der Waals surface area (Å²) in [6.07, 6.45) is 3.10. The van der Waals surface area contributed by atoms with Crippen molar-refractivity contribution in [3.8, 4) is 11.4 Å². The number of furan rings is 1. The summed E-state index contributed by atoms with van der Waals surface area (Å²) < 4.78 is 5.79. The molecule has 0 fully saturated rings. The zero-order valence-corrected chi connectivity index (χ0v) is 11.3. The summed E-state index contributed by atoms with van der Waals surface area (Å²) in [6, 6.07) is 7.96. The van der Waals surface area contributed by atoms with Crippen LogP contribution in [0.25, 0.3) is 22.4 Å². The maximum absolute atomic E-state index is 6.09. The van der Waals surface area contributed by atoms with Crippen molar-refractivity contribution in [2.75, 3.05) is 5.73 Å². The standard InChI is InChI=1S/C16H15N3O/c1-9-14(11-5-2-3-8-13(11)20-9)16-18-12-7-4-6-10(12)15(17)19-16/h2-3,5,8H,4,6-7H2,1H3,(H2,17,18,19). The molecule has 100 valence electrons. The Balaban J connectivity index is 2.00. The van der Waals surface area contributed by atoms with Gasteiger partial charge in [0.2, 0.25) is 0 Å². The van der Waals surface area contributed by atoms with Gasteiger partial charge in [-0.1, -0.05) is 18.2 Å². The van der Waals surface area contributed by atoms with Gasteiger partial charge in [0.1, 0.15) is 17.2 Å². The van der Waals surface area contributed by atoms with Gasteiger partial charge in [0, 0.05) is 16.6 Å². The van der Waals surface area contributed by atoms with Gasteiger partial charge in [-0.15, -0.1) is 0 Å². The Morgan fingerprint density at radius 3 is 2.90 bits per heavy atom. The fourth-order valence-electron chi connectivity index (χ4n) is 3.02. The molecule has 2 N–H and O–H groups in total. The van der Waals surface area contributed by atoms with Crippen molar-refractivity contribution >= 4 is 16.8 Å². The van der Waals surface area contributed by atoms with E-state index in [0.717, 1.165) is 52.8 Å². The first-order valence-corrected chi connectivity index (χ1v) is 6.88. The number of aryl methyl sites for hydroxylation is 2. The maximum atomic E-state index is 6.09. The molecule has 3 aromatic rings. The van der Waals surface area contributed by atoms with Crippen LogP contribution in [0.4, 0.5) is 5.82 Å². The van der Waals surface area contributed by atoms with Gasteiger partial charge in [0.15, 0.2) is 5.82 Å². The Kier molecular flexibility index (Phi) is 2.33. The molecule has 0 aliphatic heterocycles. The lowest BCUT2D eigenvalue weighted by atomic mass is 10.1. The van der Waals surface area contributed by atoms with Crippen LogP contribution in [0.2, 0.25) is 0 Å². The first-order valence-electron chi connectivity index (χ1n) is 6.88. The lowest BCUT2D eigenvalue weighted by Gasteiger charge is -2.06. The van der Waals surface area contributed by atoms with E-state index in [2.05, 4.69) is 4.98 Å². The fraction of sp³-hybridized carbons (Fsp3) is 0.250. The van der Waals surface area contributed by atoms with E-state index in [0.29, 0.717) is 11.6 Å². The first kappa shape index (κ1) is 11.5. The molecule has 0 spiro atoms. The Morgan fingerprint density at radius 2 is 2.00 bits per heavy atom. The molecular formula is C16H15N3O. The number of fused-ring (bicyclic) bond motifs is 2. The van der Waals surface area contributed by atoms with Crippen molar-refractivity contribution < 1.29 is 4.42 Å². The van der Waals surface area contributed by atoms with Crippen LogP contribution < -0.4 is 5.73 Å². The average molecular weight is 265 g/mol. The summed E-state index contributed by atoms with van der Waals surface area (Å²) in [5, 5.41) is 1.04. The van der Waals surface area contributed by atoms with Crippen LogP contribution in [-0.4, -0.2) is 9.97 Å². The highest BCUT2D eigenvalue weighted by molar-refractivity contribution is 5.94. The second-order valence-electron chi connectivity index (χ2n) is 5.24. The van der Waals surface area contributed by atoms with Gasteiger partial charge in [-0.05, 0) is 32.3 Å². The van der Waals surface area contributed by atoms with Crippen LogP contribution in [0.3, 0.4) is 0 Å². The van der Waals surface area contributed by atoms with Crippen LogP contribution in [0.1, 0.15) is 23.4 Å². The van der Waals surface area contributed by atoms with E-state index < -0.39 is 0 Å². The molecule has 2 heterocycles. The zero-order valence-electron chi connectivity index (χ0n) is 11.3. The molecule has 0 bridgehead atoms. The number of hydrogen-bond acceptors (Lipinski definition) is 4. The normalized spacial score (nSPS) is 13.8. The van der Waals surface area contributed by atoms with E-state index in [1.54, 1.807) is 0 Å². The zero-order chi connectivity index (χ0) is 13.7. The molecule has 20 heavy (non-hydrogen) atoms. The summed E-state index contributed by atoms with van der Waals surface area (Å²) in [5.41, 5.74) is 10.1. The van der Waals surface area contributed by atoms with Gasteiger partial charge in [-0.25, -0.2) is 9.97 Å². The molecule has 4 rings (SSSR count). The average Bonchev–Trinajstić information content (AvgIpc) is 3.01. The number of nitrogens with two attached hydrogens (primary N) is 1. The summed E-state index contributed by atoms with van der Waals surface area (Å²) in [4.78, 5) is 9.22. The number of nitrogens with zero attached hydrogens (tertiary/aromatic N) is 2. The van der Waals surface area contributed by atoms with Gasteiger partial charge in [0.05, 0.1) is 5.56 Å². The first-order chi connectivity index (χ1) is 9.74. The molecule has 0 amide bonds. The molecule has 0 radical (unpaired) electrons. The van der Waals surface area contributed by atoms with Crippen molar-refractivity contribution in [1.82, 2.24) is 9.97 Å². The smallest absolute Gasteiger partial charge is 0.165 e. The third-order valence-electron chi connectivity index (χ3n) is 3.96. The Hall–Kier alpha value is -2.36. The number of nitrogen functional groups attached to an aromatic ring is 1. The molecule has 0 saturated carbocycles. The number of benzene rings is 1. The van der Waals surface area contributed by atoms with Crippen molar-refractivity contribution in [3.63, 3.8) is 0 Å². The highest BCUT2D eigenvalue weighted by atomic mass is 16.3. The molecule has 1 aromatic carbocycles. The molecule has 2 aromatic heterocycles. The summed E-state index contributed by atoms with van der Waals surface area (Å²) in [5.74, 6) is 2.14. The topological polar surface area (TPSA) is 64.9 Å². The van der Waals surface area contributed by atoms with Gasteiger partial charge < -0.3 is 10.2 Å². The van der Waals surface area contributed by atoms with Gasteiger partial charge in [0.25, 0.3) is 0 Å². The SMILES string of the molecule is Cc1oc2ccccc2c1-c1nc(N)c2c(n1)CCC2. The third-order valence-corrected chi connectivity index (χ3v) is 3.96. The minimum absolute atomic E-state index is 0.618. The second kappa shape index (κ2) is 4.07. The number of para-hydroxylation sites is 1. The van der Waals surface area contributed by atoms with Crippen LogP contribution in [0.15, 0.2) is 28.7 Å². The van der Waals surface area contributed by atoms with Crippen LogP contribution in [0, 0.1) is 6.92 Å². The monoisotopic (exact) mass is 265 g/mol. The van der Waals surface area contributed by atoms with E-state index in [-0.39, 0.29) is 0 Å². The molecule has 0 unspecified atom stereocenters. The second-order valence-corrected chi connectivity index (χ2v) is 5.24. The summed E-state index contributed by atoms with van der Waals surface area (Å²) >= 11 is 0. The number of hydrogen-bond donors (Lipinski definition) is 1. The highest BCUT2D eigenvalue weighted by Gasteiger charge is 2.21. The van der Waals surface area contributed by atoms with Crippen LogP contribution >= 0.6 is 0 Å². The molecule has 1 aliphatic carbocycles. The fourth-order valence-corrected chi connectivity index (χ4v) is 3.02. The number of anilines is 1. The maximum Gasteiger partial charge on any atom is 0.165 e. The summed E-state index contributed by atoms with van der Waals surface area (Å²) in [7, 11) is 0. The van der Waals surface area contributed by atoms with E-state index in [1.165, 1.54) is 0 Å². The minimum atomic E-state index is 0.618. The minimum Gasteiger partial charge on any atom is -0.461 e. The van der Waals surface area contributed by atoms with Crippen molar-refractivity contribution in [2.45, 2.75) is 26.2 Å². The summed E-state index contributed by atoms with van der Waals surface area (Å²) in [6.45, 7) is 1.95. The predicted octanol–water partition coefficient (Wildman–Crippen LogP) is 3.27. The molecule has 4 heteroatoms. The van der Waals surface area contributed by atoms with E-state index >= 15 is 0 Å². The lowest BCUT2D eigenvalue weighted by molar-refractivity contribution is 0.579. The van der Waals surface area contributed by atoms with Gasteiger partial charge >= 0.3 is 0 Å². The Bertz CT molecular complexity index is 820. The third kappa shape index (κ3) is 1.54. The van der Waals surface area contributed by atoms with E-state index in [1.807, 2.05) is 31.2 Å². The molecule has 0 atom stereocenters. The highest BCUT2D eigenvalue weighted by Crippen LogP contribution is 2.34. The Labute approximate surface area is 116 Å². The number of rotatable bonds is 1. The molecule has 4 nitrogen and oxygen atoms in total. The lowest BCUT2D eigenvalue weighted by Crippen LogP contribution is -2.03. The van der Waals surface area contributed by atoms with Crippen LogP contribution in [0.5, 0.6) is 0 Å². The largest absolute Gasteiger partial charge is 0.461 e. The van der Waals surface area contributed by atoms with Gasteiger partial charge in [-0.2, -0.15) is 0 Å². The van der Waals surface area contributed by atoms with Crippen LogP contribution in [-0.2, 0) is 12.8 Å². The quantitative estimate of drug-likeness (QED) is 0.733. The Morgan fingerprint density at radius 1 is 1.15 bits per heavy atom. The van der Waals surface area contributed by atoms with Crippen molar-refractivity contribution in [2.24, 2.45) is 0 Å².